The van der Waals surface area contributed by atoms with Crippen molar-refractivity contribution in [3.63, 3.8) is 0 Å². The lowest BCUT2D eigenvalue weighted by molar-refractivity contribution is -0.0498. The maximum absolute atomic E-state index is 13.2. The smallest absolute Gasteiger partial charge is 0.387 e. The third-order valence-electron chi connectivity index (χ3n) is 5.42. The Balaban J connectivity index is 1.51. The monoisotopic (exact) mass is 456 g/mol. The van der Waals surface area contributed by atoms with E-state index in [-0.39, 0.29) is 17.2 Å². The van der Waals surface area contributed by atoms with E-state index in [0.29, 0.717) is 54.3 Å². The second kappa shape index (κ2) is 8.67. The Bertz CT molecular complexity index is 1220. The number of halogens is 2. The van der Waals surface area contributed by atoms with E-state index in [0.717, 1.165) is 0 Å². The standard InChI is InChI=1S/C23H22F2N4O4/c1-23(2,31)19-12-18-20(33-19)17(3-4-27-18)21(30)29-7-5-28(6-8-29)15-9-14(13-26)10-16(11-15)32-22(24)25/h3-4,9-12,22,31H,5-8H2,1-2H3. The van der Waals surface area contributed by atoms with Crippen molar-refractivity contribution >= 4 is 22.7 Å². The first kappa shape index (κ1) is 22.5. The largest absolute Gasteiger partial charge is 0.455 e. The lowest BCUT2D eigenvalue weighted by atomic mass is 10.1. The summed E-state index contributed by atoms with van der Waals surface area (Å²) in [6, 6.07) is 9.46. The summed E-state index contributed by atoms with van der Waals surface area (Å²) < 4.78 is 35.5. The van der Waals surface area contributed by atoms with E-state index in [4.69, 9.17) is 4.42 Å². The molecule has 172 valence electrons. The van der Waals surface area contributed by atoms with Crippen LogP contribution >= 0.6 is 0 Å². The van der Waals surface area contributed by atoms with Gasteiger partial charge in [-0.1, -0.05) is 0 Å². The molecule has 1 aromatic carbocycles. The number of furan rings is 1. The number of nitrogens with zero attached hydrogens (tertiary/aromatic N) is 4. The van der Waals surface area contributed by atoms with E-state index in [1.54, 1.807) is 36.9 Å². The number of anilines is 1. The van der Waals surface area contributed by atoms with Crippen molar-refractivity contribution in [1.82, 2.24) is 9.88 Å². The van der Waals surface area contributed by atoms with Crippen molar-refractivity contribution in [1.29, 1.82) is 5.26 Å². The zero-order valence-electron chi connectivity index (χ0n) is 18.1. The van der Waals surface area contributed by atoms with E-state index >= 15 is 0 Å². The third-order valence-corrected chi connectivity index (χ3v) is 5.42. The topological polar surface area (TPSA) is 103 Å². The molecule has 0 spiro atoms. The first-order valence-electron chi connectivity index (χ1n) is 10.3. The van der Waals surface area contributed by atoms with E-state index in [1.807, 2.05) is 11.0 Å². The highest BCUT2D eigenvalue weighted by Crippen LogP contribution is 2.30. The van der Waals surface area contributed by atoms with Crippen LogP contribution in [-0.2, 0) is 5.60 Å². The third kappa shape index (κ3) is 4.73. The van der Waals surface area contributed by atoms with Crippen molar-refractivity contribution in [3.05, 3.63) is 53.4 Å². The summed E-state index contributed by atoms with van der Waals surface area (Å²) >= 11 is 0. The minimum absolute atomic E-state index is 0.0860. The van der Waals surface area contributed by atoms with E-state index in [1.165, 1.54) is 18.3 Å². The number of nitriles is 1. The Kier molecular flexibility index (Phi) is 5.91. The molecule has 1 aliphatic heterocycles. The Morgan fingerprint density at radius 2 is 1.97 bits per heavy atom. The number of alkyl halides is 2. The van der Waals surface area contributed by atoms with Crippen LogP contribution in [0.4, 0.5) is 14.5 Å². The van der Waals surface area contributed by atoms with Gasteiger partial charge < -0.3 is 24.1 Å². The summed E-state index contributed by atoms with van der Waals surface area (Å²) in [5.41, 5.74) is 0.722. The van der Waals surface area contributed by atoms with Crippen LogP contribution in [0.5, 0.6) is 5.75 Å². The molecule has 0 bridgehead atoms. The molecule has 2 aromatic heterocycles. The van der Waals surface area contributed by atoms with Crippen LogP contribution in [0, 0.1) is 11.3 Å². The van der Waals surface area contributed by atoms with Gasteiger partial charge in [-0.25, -0.2) is 0 Å². The fraction of sp³-hybridized carbons (Fsp3) is 0.348. The number of rotatable bonds is 5. The van der Waals surface area contributed by atoms with Gasteiger partial charge in [0.15, 0.2) is 5.58 Å². The summed E-state index contributed by atoms with van der Waals surface area (Å²) in [6.45, 7) is 1.82. The second-order valence-corrected chi connectivity index (χ2v) is 8.23. The summed E-state index contributed by atoms with van der Waals surface area (Å²) in [5.74, 6) is -0.00220. The van der Waals surface area contributed by atoms with Gasteiger partial charge in [0.2, 0.25) is 0 Å². The summed E-state index contributed by atoms with van der Waals surface area (Å²) in [7, 11) is 0. The molecular weight excluding hydrogens is 434 g/mol. The summed E-state index contributed by atoms with van der Waals surface area (Å²) in [6.07, 6.45) is 1.52. The number of aromatic nitrogens is 1. The quantitative estimate of drug-likeness (QED) is 0.627. The molecule has 33 heavy (non-hydrogen) atoms. The molecule has 1 fully saturated rings. The van der Waals surface area contributed by atoms with Gasteiger partial charge in [0.25, 0.3) is 5.91 Å². The van der Waals surface area contributed by atoms with Crippen LogP contribution in [-0.4, -0.2) is 53.7 Å². The molecule has 4 rings (SSSR count). The van der Waals surface area contributed by atoms with Crippen molar-refractivity contribution < 1.29 is 27.8 Å². The van der Waals surface area contributed by atoms with Crippen molar-refractivity contribution in [2.45, 2.75) is 26.1 Å². The summed E-state index contributed by atoms with van der Waals surface area (Å²) in [4.78, 5) is 21.0. The number of amides is 1. The van der Waals surface area contributed by atoms with Gasteiger partial charge in [-0.05, 0) is 32.0 Å². The molecule has 1 amide bonds. The van der Waals surface area contributed by atoms with Crippen LogP contribution in [0.15, 0.2) is 40.9 Å². The molecule has 0 saturated carbocycles. The van der Waals surface area contributed by atoms with Gasteiger partial charge in [0, 0.05) is 50.2 Å². The van der Waals surface area contributed by atoms with Crippen LogP contribution in [0.1, 0.15) is 35.5 Å². The van der Waals surface area contributed by atoms with Gasteiger partial charge in [-0.15, -0.1) is 0 Å². The lowest BCUT2D eigenvalue weighted by Crippen LogP contribution is -2.48. The highest BCUT2D eigenvalue weighted by Gasteiger charge is 2.28. The second-order valence-electron chi connectivity index (χ2n) is 8.23. The maximum atomic E-state index is 13.2. The van der Waals surface area contributed by atoms with Crippen LogP contribution in [0.2, 0.25) is 0 Å². The van der Waals surface area contributed by atoms with Crippen molar-refractivity contribution in [2.75, 3.05) is 31.1 Å². The number of hydrogen-bond donors (Lipinski definition) is 1. The molecule has 3 heterocycles. The van der Waals surface area contributed by atoms with E-state index in [2.05, 4.69) is 9.72 Å². The highest BCUT2D eigenvalue weighted by atomic mass is 19.3. The number of carbonyl (C=O) groups excluding carboxylic acids is 1. The average molecular weight is 456 g/mol. The summed E-state index contributed by atoms with van der Waals surface area (Å²) in [5, 5.41) is 19.4. The fourth-order valence-corrected chi connectivity index (χ4v) is 3.75. The zero-order valence-corrected chi connectivity index (χ0v) is 18.1. The SMILES string of the molecule is CC(C)(O)c1cc2nccc(C(=O)N3CCN(c4cc(C#N)cc(OC(F)F)c4)CC3)c2o1. The molecule has 1 aliphatic rings. The number of aliphatic hydroxyl groups is 1. The number of carbonyl (C=O) groups is 1. The number of pyridine rings is 1. The number of piperazine rings is 1. The minimum atomic E-state index is -2.99. The first-order chi connectivity index (χ1) is 15.7. The predicted molar refractivity (Wildman–Crippen MR) is 115 cm³/mol. The van der Waals surface area contributed by atoms with Gasteiger partial charge in [0.1, 0.15) is 22.6 Å². The van der Waals surface area contributed by atoms with E-state index in [9.17, 15) is 23.9 Å². The first-order valence-corrected chi connectivity index (χ1v) is 10.3. The van der Waals surface area contributed by atoms with Crippen molar-refractivity contribution in [2.24, 2.45) is 0 Å². The number of ether oxygens (including phenoxy) is 1. The van der Waals surface area contributed by atoms with Gasteiger partial charge >= 0.3 is 6.61 Å². The number of fused-ring (bicyclic) bond motifs is 1. The van der Waals surface area contributed by atoms with Crippen molar-refractivity contribution in [3.8, 4) is 11.8 Å². The normalized spacial score (nSPS) is 14.6. The average Bonchev–Trinajstić information content (AvgIpc) is 3.23. The van der Waals surface area contributed by atoms with Crippen LogP contribution in [0.3, 0.4) is 0 Å². The number of benzene rings is 1. The molecule has 0 radical (unpaired) electrons. The van der Waals surface area contributed by atoms with E-state index < -0.39 is 12.2 Å². The molecule has 8 nitrogen and oxygen atoms in total. The molecule has 3 aromatic rings. The van der Waals surface area contributed by atoms with Gasteiger partial charge in [0.05, 0.1) is 17.2 Å². The maximum Gasteiger partial charge on any atom is 0.387 e. The molecule has 1 N–H and O–H groups in total. The zero-order chi connectivity index (χ0) is 23.8. The van der Waals surface area contributed by atoms with Crippen LogP contribution in [0.25, 0.3) is 11.1 Å². The molecule has 10 heteroatoms. The Morgan fingerprint density at radius 3 is 2.61 bits per heavy atom. The molecule has 1 saturated heterocycles. The molecule has 0 unspecified atom stereocenters. The molecule has 0 aliphatic carbocycles. The predicted octanol–water partition coefficient (Wildman–Crippen LogP) is 3.49. The molecular formula is C23H22F2N4O4. The van der Waals surface area contributed by atoms with Crippen LogP contribution < -0.4 is 9.64 Å². The van der Waals surface area contributed by atoms with Gasteiger partial charge in [-0.2, -0.15) is 14.0 Å². The number of hydrogen-bond acceptors (Lipinski definition) is 7. The molecule has 0 atom stereocenters. The Morgan fingerprint density at radius 1 is 1.24 bits per heavy atom. The lowest BCUT2D eigenvalue weighted by Gasteiger charge is -2.36. The fourth-order valence-electron chi connectivity index (χ4n) is 3.75. The Labute approximate surface area is 188 Å². The highest BCUT2D eigenvalue weighted by molar-refractivity contribution is 6.04. The van der Waals surface area contributed by atoms with Gasteiger partial charge in [-0.3, -0.25) is 9.78 Å². The Hall–Kier alpha value is -3.71. The minimum Gasteiger partial charge on any atom is -0.455 e.